The lowest BCUT2D eigenvalue weighted by atomic mass is 10.3. The zero-order valence-electron chi connectivity index (χ0n) is 12.9. The predicted octanol–water partition coefficient (Wildman–Crippen LogP) is 2.18. The first-order valence-corrected chi connectivity index (χ1v) is 7.71. The van der Waals surface area contributed by atoms with Crippen LogP contribution >= 0.6 is 0 Å². The number of hydrogen-bond acceptors (Lipinski definition) is 3. The molecule has 19 heavy (non-hydrogen) atoms. The van der Waals surface area contributed by atoms with Crippen molar-refractivity contribution in [2.45, 2.75) is 71.6 Å². The molecule has 1 aliphatic carbocycles. The smallest absolute Gasteiger partial charge is 0.248 e. The molecule has 1 amide bonds. The maximum atomic E-state index is 11.8. The highest BCUT2D eigenvalue weighted by Gasteiger charge is 2.30. The van der Waals surface area contributed by atoms with Gasteiger partial charge in [0.25, 0.3) is 0 Å². The van der Waals surface area contributed by atoms with Crippen LogP contribution in [0.4, 0.5) is 0 Å². The number of ether oxygens (including phenoxy) is 1. The van der Waals surface area contributed by atoms with Crippen molar-refractivity contribution in [1.82, 2.24) is 10.2 Å². The first-order valence-electron chi connectivity index (χ1n) is 7.71. The Hall–Kier alpha value is -0.610. The normalized spacial score (nSPS) is 16.9. The number of nitrogens with zero attached hydrogens (tertiary/aromatic N) is 1. The highest BCUT2D eigenvalue weighted by molar-refractivity contribution is 5.80. The van der Waals surface area contributed by atoms with E-state index in [-0.39, 0.29) is 12.0 Å². The highest BCUT2D eigenvalue weighted by atomic mass is 16.5. The highest BCUT2D eigenvalue weighted by Crippen LogP contribution is 2.27. The van der Waals surface area contributed by atoms with Crippen LogP contribution in [0.5, 0.6) is 0 Å². The lowest BCUT2D eigenvalue weighted by molar-refractivity contribution is -0.131. The molecule has 1 rings (SSSR count). The van der Waals surface area contributed by atoms with Crippen LogP contribution in [0, 0.1) is 0 Å². The Labute approximate surface area is 117 Å². The fraction of sp³-hybridized carbons (Fsp3) is 0.933. The summed E-state index contributed by atoms with van der Waals surface area (Å²) in [6.07, 6.45) is 4.39. The summed E-state index contributed by atoms with van der Waals surface area (Å²) in [6, 6.07) is 1.30. The summed E-state index contributed by atoms with van der Waals surface area (Å²) in [5, 5.41) is 2.97. The van der Waals surface area contributed by atoms with Crippen molar-refractivity contribution in [3.63, 3.8) is 0 Å². The first-order chi connectivity index (χ1) is 9.06. The lowest BCUT2D eigenvalue weighted by Gasteiger charge is -2.26. The minimum Gasteiger partial charge on any atom is -0.369 e. The summed E-state index contributed by atoms with van der Waals surface area (Å²) >= 11 is 0. The molecule has 1 fully saturated rings. The van der Waals surface area contributed by atoms with Gasteiger partial charge in [0.15, 0.2) is 0 Å². The minimum atomic E-state index is -0.333. The zero-order chi connectivity index (χ0) is 14.3. The van der Waals surface area contributed by atoms with E-state index in [0.717, 1.165) is 32.0 Å². The van der Waals surface area contributed by atoms with Gasteiger partial charge in [-0.15, -0.1) is 0 Å². The van der Waals surface area contributed by atoms with Gasteiger partial charge in [-0.25, -0.2) is 0 Å². The standard InChI is InChI=1S/C15H30N2O2/c1-5-6-11-19-13(4)15(18)16-9-10-17(12(2)3)14-7-8-14/h12-14H,5-11H2,1-4H3,(H,16,18). The van der Waals surface area contributed by atoms with Crippen molar-refractivity contribution in [3.05, 3.63) is 0 Å². The average Bonchev–Trinajstić information content (AvgIpc) is 3.18. The summed E-state index contributed by atoms with van der Waals surface area (Å²) in [5.41, 5.74) is 0. The number of unbranched alkanes of at least 4 members (excludes halogenated alkanes) is 1. The fourth-order valence-corrected chi connectivity index (χ4v) is 2.20. The van der Waals surface area contributed by atoms with Crippen molar-refractivity contribution in [3.8, 4) is 0 Å². The van der Waals surface area contributed by atoms with Crippen LogP contribution in [0.3, 0.4) is 0 Å². The second-order valence-electron chi connectivity index (χ2n) is 5.72. The molecule has 0 aromatic heterocycles. The van der Waals surface area contributed by atoms with Gasteiger partial charge in [0.2, 0.25) is 5.91 Å². The molecule has 1 atom stereocenters. The number of nitrogens with one attached hydrogen (secondary N) is 1. The number of carbonyl (C=O) groups excluding carboxylic acids is 1. The Balaban J connectivity index is 2.14. The molecule has 1 aliphatic rings. The second kappa shape index (κ2) is 8.54. The predicted molar refractivity (Wildman–Crippen MR) is 78.2 cm³/mol. The van der Waals surface area contributed by atoms with Crippen molar-refractivity contribution >= 4 is 5.91 Å². The Morgan fingerprint density at radius 3 is 2.58 bits per heavy atom. The molecule has 0 aromatic rings. The topological polar surface area (TPSA) is 41.6 Å². The maximum Gasteiger partial charge on any atom is 0.248 e. The molecule has 4 heteroatoms. The number of hydrogen-bond donors (Lipinski definition) is 1. The summed E-state index contributed by atoms with van der Waals surface area (Å²) in [4.78, 5) is 14.3. The molecular weight excluding hydrogens is 240 g/mol. The molecule has 1 saturated carbocycles. The average molecular weight is 270 g/mol. The van der Waals surface area contributed by atoms with Crippen LogP contribution in [0.25, 0.3) is 0 Å². The number of amides is 1. The van der Waals surface area contributed by atoms with Gasteiger partial charge in [-0.2, -0.15) is 0 Å². The molecule has 1 N–H and O–H groups in total. The van der Waals surface area contributed by atoms with E-state index in [1.807, 2.05) is 6.92 Å². The van der Waals surface area contributed by atoms with E-state index < -0.39 is 0 Å². The van der Waals surface area contributed by atoms with Crippen molar-refractivity contribution in [2.75, 3.05) is 19.7 Å². The first kappa shape index (κ1) is 16.4. The van der Waals surface area contributed by atoms with Crippen LogP contribution < -0.4 is 5.32 Å². The van der Waals surface area contributed by atoms with Gasteiger partial charge in [-0.1, -0.05) is 13.3 Å². The van der Waals surface area contributed by atoms with Crippen molar-refractivity contribution in [1.29, 1.82) is 0 Å². The number of rotatable bonds is 10. The molecule has 0 heterocycles. The summed E-state index contributed by atoms with van der Waals surface area (Å²) in [6.45, 7) is 10.7. The molecular formula is C15H30N2O2. The molecule has 0 radical (unpaired) electrons. The molecule has 0 saturated heterocycles. The summed E-state index contributed by atoms with van der Waals surface area (Å²) in [7, 11) is 0. The molecule has 0 spiro atoms. The molecule has 0 bridgehead atoms. The van der Waals surface area contributed by atoms with Crippen LogP contribution in [-0.4, -0.2) is 48.7 Å². The Kier molecular flexibility index (Phi) is 7.39. The van der Waals surface area contributed by atoms with E-state index in [0.29, 0.717) is 12.6 Å². The zero-order valence-corrected chi connectivity index (χ0v) is 12.9. The van der Waals surface area contributed by atoms with E-state index in [4.69, 9.17) is 4.74 Å². The van der Waals surface area contributed by atoms with Gasteiger partial charge < -0.3 is 10.1 Å². The fourth-order valence-electron chi connectivity index (χ4n) is 2.20. The van der Waals surface area contributed by atoms with Gasteiger partial charge in [0.05, 0.1) is 0 Å². The molecule has 112 valence electrons. The quantitative estimate of drug-likeness (QED) is 0.619. The number of carbonyl (C=O) groups is 1. The van der Waals surface area contributed by atoms with Gasteiger partial charge in [0.1, 0.15) is 6.10 Å². The molecule has 0 aliphatic heterocycles. The lowest BCUT2D eigenvalue weighted by Crippen LogP contribution is -2.42. The maximum absolute atomic E-state index is 11.8. The van der Waals surface area contributed by atoms with E-state index in [1.165, 1.54) is 12.8 Å². The third-order valence-corrected chi connectivity index (χ3v) is 3.58. The molecule has 1 unspecified atom stereocenters. The van der Waals surface area contributed by atoms with Crippen LogP contribution in [-0.2, 0) is 9.53 Å². The summed E-state index contributed by atoms with van der Waals surface area (Å²) < 4.78 is 5.48. The van der Waals surface area contributed by atoms with Gasteiger partial charge in [0, 0.05) is 31.8 Å². The van der Waals surface area contributed by atoms with E-state index >= 15 is 0 Å². The SMILES string of the molecule is CCCCOC(C)C(=O)NCCN(C(C)C)C1CC1. The minimum absolute atomic E-state index is 0.00982. The third kappa shape index (κ3) is 6.39. The van der Waals surface area contributed by atoms with E-state index in [2.05, 4.69) is 31.0 Å². The van der Waals surface area contributed by atoms with E-state index in [9.17, 15) is 4.79 Å². The van der Waals surface area contributed by atoms with Crippen LogP contribution in [0.1, 0.15) is 53.4 Å². The Morgan fingerprint density at radius 1 is 1.37 bits per heavy atom. The molecule has 0 aromatic carbocycles. The van der Waals surface area contributed by atoms with Crippen LogP contribution in [0.2, 0.25) is 0 Å². The summed E-state index contributed by atoms with van der Waals surface area (Å²) in [5.74, 6) is 0.00982. The van der Waals surface area contributed by atoms with Gasteiger partial charge in [-0.3, -0.25) is 9.69 Å². The van der Waals surface area contributed by atoms with Gasteiger partial charge >= 0.3 is 0 Å². The van der Waals surface area contributed by atoms with E-state index in [1.54, 1.807) is 0 Å². The van der Waals surface area contributed by atoms with Crippen LogP contribution in [0.15, 0.2) is 0 Å². The second-order valence-corrected chi connectivity index (χ2v) is 5.72. The third-order valence-electron chi connectivity index (χ3n) is 3.58. The Morgan fingerprint density at radius 2 is 2.05 bits per heavy atom. The van der Waals surface area contributed by atoms with Crippen molar-refractivity contribution < 1.29 is 9.53 Å². The largest absolute Gasteiger partial charge is 0.369 e. The monoisotopic (exact) mass is 270 g/mol. The molecule has 4 nitrogen and oxygen atoms in total. The van der Waals surface area contributed by atoms with Gasteiger partial charge in [-0.05, 0) is 40.0 Å². The Bertz CT molecular complexity index is 263. The van der Waals surface area contributed by atoms with Crippen molar-refractivity contribution in [2.24, 2.45) is 0 Å².